The van der Waals surface area contributed by atoms with Gasteiger partial charge in [-0.3, -0.25) is 0 Å². The van der Waals surface area contributed by atoms with Crippen molar-refractivity contribution in [3.63, 3.8) is 0 Å². The molecule has 1 saturated heterocycles. The Bertz CT molecular complexity index is 1320. The molecular formula is C23H19N5O3. The molecule has 0 amide bonds. The molecule has 2 aromatic carbocycles. The zero-order chi connectivity index (χ0) is 20.8. The first-order valence-electron chi connectivity index (χ1n) is 10.2. The Morgan fingerprint density at radius 2 is 1.87 bits per heavy atom. The number of aromatic nitrogens is 2. The first kappa shape index (κ1) is 17.8. The fourth-order valence-electron chi connectivity index (χ4n) is 4.02. The highest BCUT2D eigenvalue weighted by Gasteiger charge is 2.27. The Morgan fingerprint density at radius 1 is 1.00 bits per heavy atom. The van der Waals surface area contributed by atoms with Gasteiger partial charge < -0.3 is 23.9 Å². The third kappa shape index (κ3) is 3.13. The predicted octanol–water partition coefficient (Wildman–Crippen LogP) is 3.28. The van der Waals surface area contributed by atoms with Gasteiger partial charge in [0.2, 0.25) is 11.8 Å². The van der Waals surface area contributed by atoms with Crippen LogP contribution >= 0.6 is 0 Å². The first-order chi connectivity index (χ1) is 15.2. The number of H-pyrrole nitrogens is 1. The van der Waals surface area contributed by atoms with Crippen LogP contribution in [0.3, 0.4) is 0 Å². The number of hydrogen-bond acceptors (Lipinski definition) is 7. The zero-order valence-corrected chi connectivity index (χ0v) is 16.6. The molecule has 1 N–H and O–H groups in total. The molecule has 4 heterocycles. The van der Waals surface area contributed by atoms with Crippen LogP contribution in [0.2, 0.25) is 0 Å². The van der Waals surface area contributed by atoms with Gasteiger partial charge in [-0.15, -0.1) is 0 Å². The van der Waals surface area contributed by atoms with Crippen molar-refractivity contribution in [3.05, 3.63) is 72.3 Å². The number of aliphatic imine (C=N–C) groups is 1. The lowest BCUT2D eigenvalue weighted by molar-refractivity contribution is -0.130. The van der Waals surface area contributed by atoms with Crippen LogP contribution in [0, 0.1) is 0 Å². The number of cyclic esters (lactones) is 1. The molecule has 4 aromatic rings. The molecule has 0 bridgehead atoms. The van der Waals surface area contributed by atoms with Crippen LogP contribution in [0.15, 0.2) is 76.1 Å². The van der Waals surface area contributed by atoms with Gasteiger partial charge in [0.05, 0.1) is 17.3 Å². The highest BCUT2D eigenvalue weighted by molar-refractivity contribution is 6.15. The number of imidazole rings is 1. The van der Waals surface area contributed by atoms with E-state index in [0.717, 1.165) is 59.7 Å². The average Bonchev–Trinajstić information content (AvgIpc) is 3.52. The summed E-state index contributed by atoms with van der Waals surface area (Å²) in [5.41, 5.74) is 3.79. The Hall–Kier alpha value is -4.07. The van der Waals surface area contributed by atoms with E-state index in [1.165, 1.54) is 0 Å². The summed E-state index contributed by atoms with van der Waals surface area (Å²) in [4.78, 5) is 29.2. The van der Waals surface area contributed by atoms with E-state index >= 15 is 0 Å². The van der Waals surface area contributed by atoms with Gasteiger partial charge in [-0.25, -0.2) is 14.8 Å². The summed E-state index contributed by atoms with van der Waals surface area (Å²) in [6.45, 7) is 3.11. The van der Waals surface area contributed by atoms with Gasteiger partial charge in [0.15, 0.2) is 5.70 Å². The van der Waals surface area contributed by atoms with Crippen molar-refractivity contribution in [1.82, 2.24) is 14.9 Å². The summed E-state index contributed by atoms with van der Waals surface area (Å²) < 4.78 is 10.9. The van der Waals surface area contributed by atoms with Gasteiger partial charge in [-0.1, -0.05) is 18.2 Å². The molecule has 154 valence electrons. The number of esters is 1. The van der Waals surface area contributed by atoms with Crippen molar-refractivity contribution < 1.29 is 13.9 Å². The highest BCUT2D eigenvalue weighted by Crippen LogP contribution is 2.25. The maximum absolute atomic E-state index is 12.4. The van der Waals surface area contributed by atoms with E-state index < -0.39 is 5.97 Å². The SMILES string of the molecule is O=C1OC(c2cccc3occc23)=N/C1=C/N1CCN(c2nc3ccccc3[nH]2)CC1. The van der Waals surface area contributed by atoms with Crippen molar-refractivity contribution in [1.29, 1.82) is 0 Å². The number of carbonyl (C=O) groups excluding carboxylic acids is 1. The lowest BCUT2D eigenvalue weighted by Gasteiger charge is -2.33. The second-order valence-electron chi connectivity index (χ2n) is 7.56. The lowest BCUT2D eigenvalue weighted by atomic mass is 10.1. The molecule has 8 heteroatoms. The smallest absolute Gasteiger partial charge is 0.365 e. The number of anilines is 1. The second kappa shape index (κ2) is 7.02. The summed E-state index contributed by atoms with van der Waals surface area (Å²) in [6, 6.07) is 15.5. The van der Waals surface area contributed by atoms with Gasteiger partial charge in [0.25, 0.3) is 0 Å². The van der Waals surface area contributed by atoms with Gasteiger partial charge in [-0.2, -0.15) is 0 Å². The van der Waals surface area contributed by atoms with E-state index in [2.05, 4.69) is 24.8 Å². The van der Waals surface area contributed by atoms with Crippen molar-refractivity contribution in [3.8, 4) is 0 Å². The molecule has 0 saturated carbocycles. The minimum absolute atomic E-state index is 0.309. The zero-order valence-electron chi connectivity index (χ0n) is 16.6. The van der Waals surface area contributed by atoms with Crippen molar-refractivity contribution in [2.24, 2.45) is 4.99 Å². The van der Waals surface area contributed by atoms with Crippen LogP contribution in [0.5, 0.6) is 0 Å². The third-order valence-corrected chi connectivity index (χ3v) is 5.64. The fourth-order valence-corrected chi connectivity index (χ4v) is 4.02. The highest BCUT2D eigenvalue weighted by atomic mass is 16.6. The minimum atomic E-state index is -0.435. The molecular weight excluding hydrogens is 394 g/mol. The maximum Gasteiger partial charge on any atom is 0.365 e. The van der Waals surface area contributed by atoms with E-state index in [9.17, 15) is 4.79 Å². The monoisotopic (exact) mass is 413 g/mol. The molecule has 2 aliphatic rings. The summed E-state index contributed by atoms with van der Waals surface area (Å²) >= 11 is 0. The molecule has 0 aliphatic carbocycles. The van der Waals surface area contributed by atoms with E-state index in [-0.39, 0.29) is 0 Å². The number of carbonyl (C=O) groups is 1. The number of benzene rings is 2. The topological polar surface area (TPSA) is 87.0 Å². The van der Waals surface area contributed by atoms with E-state index in [4.69, 9.17) is 9.15 Å². The van der Waals surface area contributed by atoms with Gasteiger partial charge in [0.1, 0.15) is 5.58 Å². The number of rotatable bonds is 3. The largest absolute Gasteiger partial charge is 0.464 e. The van der Waals surface area contributed by atoms with Crippen molar-refractivity contribution in [2.45, 2.75) is 0 Å². The Labute approximate surface area is 177 Å². The van der Waals surface area contributed by atoms with Crippen LogP contribution in [0.4, 0.5) is 5.95 Å². The van der Waals surface area contributed by atoms with Crippen LogP contribution < -0.4 is 4.90 Å². The number of nitrogens with zero attached hydrogens (tertiary/aromatic N) is 4. The Morgan fingerprint density at radius 3 is 2.74 bits per heavy atom. The number of fused-ring (bicyclic) bond motifs is 2. The second-order valence-corrected chi connectivity index (χ2v) is 7.56. The van der Waals surface area contributed by atoms with Crippen LogP contribution in [-0.2, 0) is 9.53 Å². The summed E-state index contributed by atoms with van der Waals surface area (Å²) in [5.74, 6) is 0.752. The normalized spacial score (nSPS) is 18.3. The van der Waals surface area contributed by atoms with Crippen LogP contribution in [0.25, 0.3) is 22.0 Å². The molecule has 0 unspecified atom stereocenters. The minimum Gasteiger partial charge on any atom is -0.464 e. The third-order valence-electron chi connectivity index (χ3n) is 5.64. The van der Waals surface area contributed by atoms with Gasteiger partial charge in [0, 0.05) is 43.3 Å². The van der Waals surface area contributed by atoms with Crippen molar-refractivity contribution in [2.75, 3.05) is 31.1 Å². The molecule has 0 spiro atoms. The molecule has 2 aliphatic heterocycles. The number of aromatic amines is 1. The molecule has 0 radical (unpaired) electrons. The van der Waals surface area contributed by atoms with Crippen molar-refractivity contribution >= 4 is 39.8 Å². The average molecular weight is 413 g/mol. The van der Waals surface area contributed by atoms with E-state index in [1.54, 1.807) is 12.5 Å². The van der Waals surface area contributed by atoms with E-state index in [0.29, 0.717) is 11.6 Å². The number of nitrogens with one attached hydrogen (secondary N) is 1. The molecule has 1 fully saturated rings. The van der Waals surface area contributed by atoms with Crippen LogP contribution in [0.1, 0.15) is 5.56 Å². The number of ether oxygens (including phenoxy) is 1. The summed E-state index contributed by atoms with van der Waals surface area (Å²) in [6.07, 6.45) is 3.41. The number of furan rings is 1. The molecule has 31 heavy (non-hydrogen) atoms. The molecule has 2 aromatic heterocycles. The predicted molar refractivity (Wildman–Crippen MR) is 117 cm³/mol. The van der Waals surface area contributed by atoms with Crippen LogP contribution in [-0.4, -0.2) is 52.9 Å². The van der Waals surface area contributed by atoms with Gasteiger partial charge in [-0.05, 0) is 30.3 Å². The van der Waals surface area contributed by atoms with E-state index in [1.807, 2.05) is 48.5 Å². The lowest BCUT2D eigenvalue weighted by Crippen LogP contribution is -2.44. The first-order valence-corrected chi connectivity index (χ1v) is 10.2. The Balaban J connectivity index is 1.19. The molecule has 6 rings (SSSR count). The number of para-hydroxylation sites is 2. The Kier molecular flexibility index (Phi) is 4.02. The molecule has 8 nitrogen and oxygen atoms in total. The number of piperazine rings is 1. The summed E-state index contributed by atoms with van der Waals surface area (Å²) in [7, 11) is 0. The summed E-state index contributed by atoms with van der Waals surface area (Å²) in [5, 5.41) is 0.870. The van der Waals surface area contributed by atoms with Gasteiger partial charge >= 0.3 is 5.97 Å². The maximum atomic E-state index is 12.4. The standard InChI is InChI=1S/C23H19N5O3/c29-22-19(24-21(31-22)16-4-3-7-20-15(16)8-13-30-20)14-27-9-11-28(12-10-27)23-25-17-5-1-2-6-18(17)26-23/h1-8,13-14H,9-12H2,(H,25,26)/b19-14+. The molecule has 0 atom stereocenters. The number of hydrogen-bond donors (Lipinski definition) is 1. The fraction of sp³-hybridized carbons (Fsp3) is 0.174. The quantitative estimate of drug-likeness (QED) is 0.410.